The monoisotopic (exact) mass is 373 g/mol. The van der Waals surface area contributed by atoms with Crippen LogP contribution < -0.4 is 16.0 Å². The van der Waals surface area contributed by atoms with E-state index >= 15 is 0 Å². The minimum Gasteiger partial charge on any atom is -0.403 e. The van der Waals surface area contributed by atoms with Crippen LogP contribution in [-0.4, -0.2) is 15.7 Å². The highest BCUT2D eigenvalue weighted by Crippen LogP contribution is 2.23. The maximum Gasteiger partial charge on any atom is 0.337 e. The van der Waals surface area contributed by atoms with Crippen molar-refractivity contribution in [3.05, 3.63) is 32.4 Å². The van der Waals surface area contributed by atoms with Crippen LogP contribution in [0.25, 0.3) is 11.1 Å². The minimum absolute atomic E-state index is 0.00384. The maximum atomic E-state index is 12.6. The number of H-pyrrole nitrogens is 1. The molecule has 0 amide bonds. The quantitative estimate of drug-likeness (QED) is 0.801. The third kappa shape index (κ3) is 5.28. The van der Waals surface area contributed by atoms with Crippen molar-refractivity contribution in [2.24, 2.45) is 10.6 Å². The van der Waals surface area contributed by atoms with Crippen molar-refractivity contribution in [1.29, 1.82) is 0 Å². The molecule has 27 heavy (non-hydrogen) atoms. The third-order valence-electron chi connectivity index (χ3n) is 4.74. The summed E-state index contributed by atoms with van der Waals surface area (Å²) < 4.78 is 5.15. The number of aromatic amines is 1. The zero-order valence-corrected chi connectivity index (χ0v) is 16.3. The molecule has 0 spiro atoms. The molecule has 3 rings (SSSR count). The zero-order chi connectivity index (χ0) is 19.4. The van der Waals surface area contributed by atoms with Gasteiger partial charge in [0.25, 0.3) is 5.56 Å². The number of nitrogens with zero attached hydrogens (tertiary/aromatic N) is 2. The third-order valence-corrected chi connectivity index (χ3v) is 4.74. The van der Waals surface area contributed by atoms with Crippen LogP contribution in [0.1, 0.15) is 71.3 Å². The number of fused-ring (bicyclic) bond motifs is 1. The molecule has 0 aliphatic heterocycles. The predicted octanol–water partition coefficient (Wildman–Crippen LogP) is 3.94. The number of aryl methyl sites for hydroxylation is 1. The number of nitrogens with one attached hydrogen (secondary N) is 1. The van der Waals surface area contributed by atoms with Crippen LogP contribution in [0.5, 0.6) is 6.01 Å². The van der Waals surface area contributed by atoms with Gasteiger partial charge in [-0.05, 0) is 55.9 Å². The van der Waals surface area contributed by atoms with E-state index in [0.29, 0.717) is 17.4 Å². The summed E-state index contributed by atoms with van der Waals surface area (Å²) in [5.74, 6) is 0. The van der Waals surface area contributed by atoms with Gasteiger partial charge in [-0.15, -0.1) is 0 Å². The fraction of sp³-hybridized carbons (Fsp3) is 0.600. The first-order chi connectivity index (χ1) is 12.8. The molecule has 2 aromatic heterocycles. The Bertz CT molecular complexity index is 942. The second-order valence-corrected chi connectivity index (χ2v) is 8.37. The van der Waals surface area contributed by atoms with Gasteiger partial charge in [0.2, 0.25) is 5.71 Å². The van der Waals surface area contributed by atoms with E-state index in [4.69, 9.17) is 9.25 Å². The molecule has 2 aromatic rings. The van der Waals surface area contributed by atoms with E-state index in [1.54, 1.807) is 0 Å². The summed E-state index contributed by atoms with van der Waals surface area (Å²) in [5.41, 5.74) is 0.907. The van der Waals surface area contributed by atoms with Crippen LogP contribution in [0.2, 0.25) is 0 Å². The summed E-state index contributed by atoms with van der Waals surface area (Å²) in [6.07, 6.45) is 7.65. The van der Waals surface area contributed by atoms with Gasteiger partial charge in [-0.2, -0.15) is 4.98 Å². The molecule has 146 valence electrons. The van der Waals surface area contributed by atoms with Gasteiger partial charge in [0.05, 0.1) is 5.71 Å². The van der Waals surface area contributed by atoms with E-state index < -0.39 is 5.63 Å². The molecular formula is C20H27N3O4. The van der Waals surface area contributed by atoms with E-state index in [1.807, 2.05) is 0 Å². The molecular weight excluding hydrogens is 346 g/mol. The van der Waals surface area contributed by atoms with Crippen LogP contribution >= 0.6 is 0 Å². The lowest BCUT2D eigenvalue weighted by atomic mass is 9.89. The summed E-state index contributed by atoms with van der Waals surface area (Å²) >= 11 is 0. The number of oxime groups is 1. The molecule has 0 saturated heterocycles. The van der Waals surface area contributed by atoms with Gasteiger partial charge in [0, 0.05) is 6.07 Å². The molecule has 7 nitrogen and oxygen atoms in total. The van der Waals surface area contributed by atoms with Crippen LogP contribution in [0.15, 0.2) is 25.2 Å². The zero-order valence-electron chi connectivity index (χ0n) is 16.3. The molecule has 1 N–H and O–H groups in total. The van der Waals surface area contributed by atoms with E-state index in [0.717, 1.165) is 44.2 Å². The summed E-state index contributed by atoms with van der Waals surface area (Å²) in [7, 11) is 0. The molecule has 0 atom stereocenters. The van der Waals surface area contributed by atoms with Crippen LogP contribution in [0.3, 0.4) is 0 Å². The summed E-state index contributed by atoms with van der Waals surface area (Å²) in [4.78, 5) is 36.5. The second-order valence-electron chi connectivity index (χ2n) is 8.37. The largest absolute Gasteiger partial charge is 0.403 e. The molecule has 0 aromatic carbocycles. The molecule has 7 heteroatoms. The van der Waals surface area contributed by atoms with Crippen molar-refractivity contribution in [2.45, 2.75) is 72.1 Å². The Balaban J connectivity index is 1.86. The van der Waals surface area contributed by atoms with Gasteiger partial charge in [-0.25, -0.2) is 4.79 Å². The number of hydrogen-bond donors (Lipinski definition) is 1. The lowest BCUT2D eigenvalue weighted by molar-refractivity contribution is 0.307. The van der Waals surface area contributed by atoms with Crippen LogP contribution in [0.4, 0.5) is 0 Å². The fourth-order valence-electron chi connectivity index (χ4n) is 3.34. The molecule has 1 aliphatic carbocycles. The summed E-state index contributed by atoms with van der Waals surface area (Å²) in [6, 6.07) is 1.32. The second kappa shape index (κ2) is 8.06. The standard InChI is InChI=1S/C20H27N3O4/c1-20(2,3)11-7-8-13-12-15(24)26-18-16(13)17(25)21-19(22-18)27-23-14-9-5-4-6-10-14/h12H,4-11H2,1-3H3,(H,21,22,25). The lowest BCUT2D eigenvalue weighted by Gasteiger charge is -2.17. The first-order valence-corrected chi connectivity index (χ1v) is 9.62. The topological polar surface area (TPSA) is 97.5 Å². The van der Waals surface area contributed by atoms with Gasteiger partial charge in [0.15, 0.2) is 0 Å². The highest BCUT2D eigenvalue weighted by atomic mass is 16.6. The van der Waals surface area contributed by atoms with Crippen LogP contribution in [-0.2, 0) is 6.42 Å². The van der Waals surface area contributed by atoms with Crippen molar-refractivity contribution in [1.82, 2.24) is 9.97 Å². The van der Waals surface area contributed by atoms with Gasteiger partial charge in [-0.1, -0.05) is 32.3 Å². The van der Waals surface area contributed by atoms with E-state index in [2.05, 4.69) is 35.9 Å². The molecule has 1 aliphatic rings. The molecule has 0 unspecified atom stereocenters. The Hall–Kier alpha value is -2.44. The SMILES string of the molecule is CC(C)(C)CCCc1cc(=O)oc2nc(ON=C3CCCCC3)[nH]c(=O)c12. The highest BCUT2D eigenvalue weighted by molar-refractivity contribution is 5.84. The number of hydrogen-bond acceptors (Lipinski definition) is 6. The first-order valence-electron chi connectivity index (χ1n) is 9.62. The van der Waals surface area contributed by atoms with Crippen molar-refractivity contribution < 1.29 is 9.25 Å². The molecule has 0 radical (unpaired) electrons. The highest BCUT2D eigenvalue weighted by Gasteiger charge is 2.16. The fourth-order valence-corrected chi connectivity index (χ4v) is 3.34. The molecule has 2 heterocycles. The minimum atomic E-state index is -0.518. The Morgan fingerprint density at radius 1 is 1.22 bits per heavy atom. The van der Waals surface area contributed by atoms with Gasteiger partial charge in [-0.3, -0.25) is 9.78 Å². The molecule has 1 fully saturated rings. The van der Waals surface area contributed by atoms with Gasteiger partial charge in [0.1, 0.15) is 5.39 Å². The van der Waals surface area contributed by atoms with Crippen molar-refractivity contribution in [2.75, 3.05) is 0 Å². The van der Waals surface area contributed by atoms with Crippen molar-refractivity contribution in [3.8, 4) is 6.01 Å². The summed E-state index contributed by atoms with van der Waals surface area (Å²) in [6.45, 7) is 6.49. The molecule has 0 bridgehead atoms. The Morgan fingerprint density at radius 2 is 1.96 bits per heavy atom. The normalized spacial score (nSPS) is 15.1. The number of rotatable bonds is 5. The van der Waals surface area contributed by atoms with Gasteiger partial charge >= 0.3 is 11.6 Å². The Morgan fingerprint density at radius 3 is 2.67 bits per heavy atom. The molecule has 1 saturated carbocycles. The average molecular weight is 373 g/mol. The van der Waals surface area contributed by atoms with Crippen molar-refractivity contribution in [3.63, 3.8) is 0 Å². The Labute approximate surface area is 157 Å². The smallest absolute Gasteiger partial charge is 0.337 e. The number of aromatic nitrogens is 2. The van der Waals surface area contributed by atoms with E-state index in [1.165, 1.54) is 12.5 Å². The average Bonchev–Trinajstić information content (AvgIpc) is 2.59. The van der Waals surface area contributed by atoms with E-state index in [9.17, 15) is 9.59 Å². The maximum absolute atomic E-state index is 12.6. The lowest BCUT2D eigenvalue weighted by Crippen LogP contribution is -2.15. The van der Waals surface area contributed by atoms with E-state index in [-0.39, 0.29) is 22.7 Å². The Kier molecular flexibility index (Phi) is 5.77. The van der Waals surface area contributed by atoms with Crippen LogP contribution in [0, 0.1) is 5.41 Å². The predicted molar refractivity (Wildman–Crippen MR) is 104 cm³/mol. The first kappa shape index (κ1) is 19.3. The van der Waals surface area contributed by atoms with Gasteiger partial charge < -0.3 is 9.25 Å². The summed E-state index contributed by atoms with van der Waals surface area (Å²) in [5, 5.41) is 4.39. The van der Waals surface area contributed by atoms with Crippen molar-refractivity contribution >= 4 is 16.8 Å².